The number of piperazine rings is 1. The molecule has 0 aliphatic carbocycles. The highest BCUT2D eigenvalue weighted by Crippen LogP contribution is 2.50. The molecule has 10 nitrogen and oxygen atoms in total. The maximum atomic E-state index is 13.5. The summed E-state index contributed by atoms with van der Waals surface area (Å²) in [6.45, 7) is 10.7. The van der Waals surface area contributed by atoms with Gasteiger partial charge in [0.1, 0.15) is 0 Å². The molecular weight excluding hydrogens is 529 g/mol. The molecule has 4 atom stereocenters. The largest absolute Gasteiger partial charge is 0.417 e. The average Bonchev–Trinajstić information content (AvgIpc) is 3.28. The molecule has 0 spiro atoms. The van der Waals surface area contributed by atoms with E-state index in [1.807, 2.05) is 18.7 Å². The first-order valence-electron chi connectivity index (χ1n) is 13.5. The maximum Gasteiger partial charge on any atom is 0.417 e. The van der Waals surface area contributed by atoms with Gasteiger partial charge in [-0.1, -0.05) is 0 Å². The predicted molar refractivity (Wildman–Crippen MR) is 137 cm³/mol. The number of nitriles is 1. The van der Waals surface area contributed by atoms with Crippen molar-refractivity contribution in [3.8, 4) is 6.07 Å². The lowest BCUT2D eigenvalue weighted by Crippen LogP contribution is -2.56. The SMILES string of the molecule is CC(C)NC(=O)N1CCN(CCN2C[C@H]3O[C@](C)(C2)[C@@H]2C(=O)N(c4ccc(C#N)c(C(F)(F)F)c4)C(=O)[C@@H]23)CC1. The molecule has 4 amide bonds. The molecule has 0 saturated carbocycles. The normalized spacial score (nSPS) is 29.2. The van der Waals surface area contributed by atoms with Crippen LogP contribution in [0.3, 0.4) is 0 Å². The number of fused-ring (bicyclic) bond motifs is 5. The molecule has 4 aliphatic rings. The summed E-state index contributed by atoms with van der Waals surface area (Å²) >= 11 is 0. The van der Waals surface area contributed by atoms with Gasteiger partial charge in [0.25, 0.3) is 0 Å². The van der Waals surface area contributed by atoms with Gasteiger partial charge in [0.2, 0.25) is 11.8 Å². The first-order chi connectivity index (χ1) is 18.8. The molecule has 1 N–H and O–H groups in total. The molecular formula is C27H33F3N6O4. The van der Waals surface area contributed by atoms with E-state index in [-0.39, 0.29) is 17.8 Å². The van der Waals surface area contributed by atoms with Gasteiger partial charge < -0.3 is 15.0 Å². The van der Waals surface area contributed by atoms with Gasteiger partial charge >= 0.3 is 12.2 Å². The topological polar surface area (TPSA) is 109 Å². The summed E-state index contributed by atoms with van der Waals surface area (Å²) in [4.78, 5) is 46.4. The Morgan fingerprint density at radius 2 is 1.82 bits per heavy atom. The van der Waals surface area contributed by atoms with Gasteiger partial charge in [0, 0.05) is 58.4 Å². The first kappa shape index (κ1) is 28.3. The standard InChI is InChI=1S/C27H33F3N6O4/c1-16(2)32-25(39)35-10-8-33(9-11-35)6-7-34-14-20-21-22(26(3,15-34)40-20)24(38)36(23(21)37)18-5-4-17(13-31)19(12-18)27(28,29)30/h4-5,12,16,20-22H,6-11,14-15H2,1-3H3,(H,32,39)/t20-,21-,22+,26-/m1/s1. The summed E-state index contributed by atoms with van der Waals surface area (Å²) in [5.41, 5.74) is -2.89. The molecule has 5 rings (SSSR count). The molecule has 0 aromatic heterocycles. The molecule has 4 heterocycles. The Balaban J connectivity index is 1.23. The zero-order chi connectivity index (χ0) is 29.0. The highest BCUT2D eigenvalue weighted by atomic mass is 19.4. The van der Waals surface area contributed by atoms with Crippen molar-refractivity contribution < 1.29 is 32.3 Å². The number of morpholine rings is 1. The smallest absolute Gasteiger partial charge is 0.368 e. The zero-order valence-electron chi connectivity index (χ0n) is 22.7. The summed E-state index contributed by atoms with van der Waals surface area (Å²) in [5, 5.41) is 12.0. The fourth-order valence-electron chi connectivity index (χ4n) is 6.47. The minimum absolute atomic E-state index is 0.0575. The van der Waals surface area contributed by atoms with E-state index in [0.717, 1.165) is 30.6 Å². The van der Waals surface area contributed by atoms with Gasteiger partial charge in [-0.3, -0.25) is 19.4 Å². The molecule has 13 heteroatoms. The van der Waals surface area contributed by atoms with E-state index in [1.165, 1.54) is 12.1 Å². The second-order valence-corrected chi connectivity index (χ2v) is 11.5. The monoisotopic (exact) mass is 562 g/mol. The lowest BCUT2D eigenvalue weighted by molar-refractivity contribution is -0.141. The number of hydrogen-bond acceptors (Lipinski definition) is 7. The van der Waals surface area contributed by atoms with Crippen LogP contribution in [0.1, 0.15) is 31.9 Å². The van der Waals surface area contributed by atoms with E-state index < -0.39 is 52.7 Å². The number of ether oxygens (including phenoxy) is 1. The van der Waals surface area contributed by atoms with Crippen LogP contribution in [0.5, 0.6) is 0 Å². The Kier molecular flexibility index (Phi) is 7.31. The van der Waals surface area contributed by atoms with Crippen LogP contribution in [0.15, 0.2) is 18.2 Å². The summed E-state index contributed by atoms with van der Waals surface area (Å²) in [6, 6.07) is 4.44. The van der Waals surface area contributed by atoms with E-state index in [0.29, 0.717) is 38.8 Å². The number of amides is 4. The van der Waals surface area contributed by atoms with Crippen LogP contribution < -0.4 is 10.2 Å². The van der Waals surface area contributed by atoms with Crippen molar-refractivity contribution in [1.29, 1.82) is 5.26 Å². The Bertz CT molecular complexity index is 1240. The van der Waals surface area contributed by atoms with E-state index in [2.05, 4.69) is 15.1 Å². The highest BCUT2D eigenvalue weighted by molar-refractivity contribution is 6.23. The van der Waals surface area contributed by atoms with Crippen LogP contribution in [-0.4, -0.2) is 103 Å². The number of halogens is 3. The van der Waals surface area contributed by atoms with E-state index in [1.54, 1.807) is 6.92 Å². The molecule has 40 heavy (non-hydrogen) atoms. The zero-order valence-corrected chi connectivity index (χ0v) is 22.7. The second kappa shape index (κ2) is 10.3. The number of rotatable bonds is 5. The fraction of sp³-hybridized carbons (Fsp3) is 0.630. The Hall–Kier alpha value is -3.21. The number of urea groups is 1. The van der Waals surface area contributed by atoms with Gasteiger partial charge in [-0.05, 0) is 39.0 Å². The van der Waals surface area contributed by atoms with Crippen LogP contribution in [-0.2, 0) is 20.5 Å². The van der Waals surface area contributed by atoms with Crippen molar-refractivity contribution in [3.05, 3.63) is 29.3 Å². The summed E-state index contributed by atoms with van der Waals surface area (Å²) in [7, 11) is 0. The Labute approximate surface area is 230 Å². The third-order valence-electron chi connectivity index (χ3n) is 8.30. The fourth-order valence-corrected chi connectivity index (χ4v) is 6.47. The second-order valence-electron chi connectivity index (χ2n) is 11.5. The van der Waals surface area contributed by atoms with E-state index in [4.69, 9.17) is 10.00 Å². The molecule has 216 valence electrons. The lowest BCUT2D eigenvalue weighted by Gasteiger charge is -2.42. The van der Waals surface area contributed by atoms with E-state index in [9.17, 15) is 27.6 Å². The Morgan fingerprint density at radius 3 is 2.45 bits per heavy atom. The number of imide groups is 1. The molecule has 1 aromatic carbocycles. The van der Waals surface area contributed by atoms with Crippen molar-refractivity contribution in [1.82, 2.24) is 20.0 Å². The van der Waals surface area contributed by atoms with Gasteiger partial charge in [0.05, 0.1) is 46.4 Å². The van der Waals surface area contributed by atoms with Crippen LogP contribution in [0.4, 0.5) is 23.7 Å². The van der Waals surface area contributed by atoms with Gasteiger partial charge in [-0.2, -0.15) is 18.4 Å². The average molecular weight is 563 g/mol. The van der Waals surface area contributed by atoms with Crippen LogP contribution in [0, 0.1) is 23.2 Å². The molecule has 0 radical (unpaired) electrons. The number of likely N-dealkylation sites (tertiary alicyclic amines) is 1. The predicted octanol–water partition coefficient (Wildman–Crippen LogP) is 1.89. The van der Waals surface area contributed by atoms with Crippen LogP contribution in [0.2, 0.25) is 0 Å². The van der Waals surface area contributed by atoms with Crippen LogP contribution >= 0.6 is 0 Å². The van der Waals surface area contributed by atoms with Gasteiger partial charge in [-0.25, -0.2) is 9.69 Å². The van der Waals surface area contributed by atoms with E-state index >= 15 is 0 Å². The number of nitrogens with one attached hydrogen (secondary N) is 1. The quantitative estimate of drug-likeness (QED) is 0.546. The summed E-state index contributed by atoms with van der Waals surface area (Å²) in [6.07, 6.45) is -5.36. The van der Waals surface area contributed by atoms with Gasteiger partial charge in [0.15, 0.2) is 0 Å². The minimum atomic E-state index is -4.80. The molecule has 4 fully saturated rings. The summed E-state index contributed by atoms with van der Waals surface area (Å²) in [5.74, 6) is -2.73. The number of anilines is 1. The number of alkyl halides is 3. The molecule has 4 aliphatic heterocycles. The third-order valence-corrected chi connectivity index (χ3v) is 8.30. The van der Waals surface area contributed by atoms with Crippen molar-refractivity contribution in [2.24, 2.45) is 11.8 Å². The number of benzene rings is 1. The molecule has 2 bridgehead atoms. The lowest BCUT2D eigenvalue weighted by atomic mass is 9.83. The number of hydrogen-bond donors (Lipinski definition) is 1. The maximum absolute atomic E-state index is 13.5. The molecule has 0 unspecified atom stereocenters. The van der Waals surface area contributed by atoms with Crippen molar-refractivity contribution in [2.45, 2.75) is 44.7 Å². The first-order valence-corrected chi connectivity index (χ1v) is 13.5. The molecule has 4 saturated heterocycles. The minimum Gasteiger partial charge on any atom is -0.368 e. The van der Waals surface area contributed by atoms with Gasteiger partial charge in [-0.15, -0.1) is 0 Å². The molecule has 1 aromatic rings. The Morgan fingerprint density at radius 1 is 1.15 bits per heavy atom. The van der Waals surface area contributed by atoms with Crippen LogP contribution in [0.25, 0.3) is 0 Å². The number of carbonyl (C=O) groups is 3. The highest BCUT2D eigenvalue weighted by Gasteiger charge is 2.67. The number of nitrogens with zero attached hydrogens (tertiary/aromatic N) is 5. The van der Waals surface area contributed by atoms with Crippen molar-refractivity contribution in [3.63, 3.8) is 0 Å². The van der Waals surface area contributed by atoms with Crippen molar-refractivity contribution in [2.75, 3.05) is 57.3 Å². The van der Waals surface area contributed by atoms with Crippen molar-refractivity contribution >= 4 is 23.5 Å². The number of carbonyl (C=O) groups excluding carboxylic acids is 3. The summed E-state index contributed by atoms with van der Waals surface area (Å²) < 4.78 is 46.8. The third kappa shape index (κ3) is 5.04.